The second kappa shape index (κ2) is 5.63. The van der Waals surface area contributed by atoms with E-state index >= 15 is 0 Å². The minimum absolute atomic E-state index is 0.355. The highest BCUT2D eigenvalue weighted by molar-refractivity contribution is 7.80. The lowest BCUT2D eigenvalue weighted by atomic mass is 10.1. The Labute approximate surface area is 124 Å². The molecule has 0 radical (unpaired) electrons. The summed E-state index contributed by atoms with van der Waals surface area (Å²) >= 11 is 5.14. The maximum atomic E-state index is 5.82. The summed E-state index contributed by atoms with van der Waals surface area (Å²) in [5.74, 6) is 0.755. The highest BCUT2D eigenvalue weighted by Gasteiger charge is 2.15. The first-order chi connectivity index (χ1) is 9.49. The molecule has 2 N–H and O–H groups in total. The molecule has 1 heterocycles. The first kappa shape index (κ1) is 14.5. The van der Waals surface area contributed by atoms with Gasteiger partial charge in [0.2, 0.25) is 0 Å². The standard InChI is InChI=1S/C15H19N3OS/c1-5-12-9(2)17-18(10(12)3)14-8-11(19-4)6-7-13(14)15(16)20/h6-8H,5H2,1-4H3,(H2,16,20). The summed E-state index contributed by atoms with van der Waals surface area (Å²) in [6, 6.07) is 5.64. The van der Waals surface area contributed by atoms with Gasteiger partial charge in [0.25, 0.3) is 0 Å². The smallest absolute Gasteiger partial charge is 0.121 e. The Kier molecular flexibility index (Phi) is 4.09. The second-order valence-corrected chi connectivity index (χ2v) is 5.10. The van der Waals surface area contributed by atoms with Gasteiger partial charge >= 0.3 is 0 Å². The molecule has 1 aromatic heterocycles. The Morgan fingerprint density at radius 1 is 1.40 bits per heavy atom. The third-order valence-corrected chi connectivity index (χ3v) is 3.71. The zero-order chi connectivity index (χ0) is 14.9. The van der Waals surface area contributed by atoms with Gasteiger partial charge in [0.15, 0.2) is 0 Å². The van der Waals surface area contributed by atoms with Crippen LogP contribution in [0.25, 0.3) is 5.69 Å². The molecule has 0 atom stereocenters. The summed E-state index contributed by atoms with van der Waals surface area (Å²) in [5.41, 5.74) is 10.9. The fraction of sp³-hybridized carbons (Fsp3) is 0.333. The SMILES string of the molecule is CCc1c(C)nn(-c2cc(OC)ccc2C(N)=S)c1C. The third kappa shape index (κ3) is 2.41. The molecule has 0 amide bonds. The van der Waals surface area contributed by atoms with E-state index in [1.807, 2.05) is 29.8 Å². The fourth-order valence-electron chi connectivity index (χ4n) is 2.44. The molecule has 0 bridgehead atoms. The van der Waals surface area contributed by atoms with Crippen LogP contribution in [0.1, 0.15) is 29.4 Å². The Hall–Kier alpha value is -1.88. The number of ether oxygens (including phenoxy) is 1. The van der Waals surface area contributed by atoms with E-state index in [4.69, 9.17) is 22.7 Å². The van der Waals surface area contributed by atoms with Gasteiger partial charge < -0.3 is 10.5 Å². The molecule has 0 saturated carbocycles. The van der Waals surface area contributed by atoms with Crippen LogP contribution >= 0.6 is 12.2 Å². The monoisotopic (exact) mass is 289 g/mol. The molecular weight excluding hydrogens is 270 g/mol. The average molecular weight is 289 g/mol. The van der Waals surface area contributed by atoms with Crippen molar-refractivity contribution in [3.8, 4) is 11.4 Å². The molecule has 4 nitrogen and oxygen atoms in total. The Morgan fingerprint density at radius 2 is 2.10 bits per heavy atom. The molecular formula is C15H19N3OS. The Balaban J connectivity index is 2.70. The number of rotatable bonds is 4. The topological polar surface area (TPSA) is 53.1 Å². The summed E-state index contributed by atoms with van der Waals surface area (Å²) in [6.07, 6.45) is 0.948. The molecule has 0 aliphatic heterocycles. The first-order valence-electron chi connectivity index (χ1n) is 6.52. The molecule has 5 heteroatoms. The van der Waals surface area contributed by atoms with Crippen LogP contribution < -0.4 is 10.5 Å². The first-order valence-corrected chi connectivity index (χ1v) is 6.93. The lowest BCUT2D eigenvalue weighted by molar-refractivity contribution is 0.414. The van der Waals surface area contributed by atoms with Gasteiger partial charge in [-0.3, -0.25) is 0 Å². The molecule has 0 saturated heterocycles. The van der Waals surface area contributed by atoms with E-state index in [1.54, 1.807) is 7.11 Å². The number of methoxy groups -OCH3 is 1. The summed E-state index contributed by atoms with van der Waals surface area (Å²) in [6.45, 7) is 6.20. The minimum atomic E-state index is 0.355. The number of nitrogens with two attached hydrogens (primary N) is 1. The van der Waals surface area contributed by atoms with E-state index in [2.05, 4.69) is 18.9 Å². The lowest BCUT2D eigenvalue weighted by Crippen LogP contribution is -2.14. The van der Waals surface area contributed by atoms with Crippen LogP contribution in [0.15, 0.2) is 18.2 Å². The molecule has 0 fully saturated rings. The van der Waals surface area contributed by atoms with Crippen molar-refractivity contribution in [2.45, 2.75) is 27.2 Å². The number of thiocarbonyl (C=S) groups is 1. The molecule has 0 aliphatic rings. The molecule has 106 valence electrons. The molecule has 2 rings (SSSR count). The van der Waals surface area contributed by atoms with Gasteiger partial charge in [0, 0.05) is 17.3 Å². The minimum Gasteiger partial charge on any atom is -0.497 e. The second-order valence-electron chi connectivity index (χ2n) is 4.66. The van der Waals surface area contributed by atoms with E-state index in [0.717, 1.165) is 34.8 Å². The van der Waals surface area contributed by atoms with Crippen LogP contribution in [0.5, 0.6) is 5.75 Å². The van der Waals surface area contributed by atoms with E-state index < -0.39 is 0 Å². The maximum absolute atomic E-state index is 5.82. The summed E-state index contributed by atoms with van der Waals surface area (Å²) in [5, 5.41) is 4.62. The molecule has 2 aromatic rings. The van der Waals surface area contributed by atoms with Crippen LogP contribution in [0.3, 0.4) is 0 Å². The van der Waals surface area contributed by atoms with Crippen LogP contribution in [0.4, 0.5) is 0 Å². The highest BCUT2D eigenvalue weighted by atomic mass is 32.1. The number of hydrogen-bond acceptors (Lipinski definition) is 3. The fourth-order valence-corrected chi connectivity index (χ4v) is 2.62. The van der Waals surface area contributed by atoms with Gasteiger partial charge in [-0.05, 0) is 38.0 Å². The van der Waals surface area contributed by atoms with Gasteiger partial charge in [-0.15, -0.1) is 0 Å². The van der Waals surface area contributed by atoms with E-state index in [1.165, 1.54) is 5.56 Å². The summed E-state index contributed by atoms with van der Waals surface area (Å²) < 4.78 is 7.18. The van der Waals surface area contributed by atoms with E-state index in [0.29, 0.717) is 4.99 Å². The lowest BCUT2D eigenvalue weighted by Gasteiger charge is -2.12. The van der Waals surface area contributed by atoms with Crippen LogP contribution in [-0.2, 0) is 6.42 Å². The van der Waals surface area contributed by atoms with Gasteiger partial charge in [0.1, 0.15) is 10.7 Å². The largest absolute Gasteiger partial charge is 0.497 e. The van der Waals surface area contributed by atoms with E-state index in [-0.39, 0.29) is 0 Å². The van der Waals surface area contributed by atoms with Crippen molar-refractivity contribution >= 4 is 17.2 Å². The zero-order valence-electron chi connectivity index (χ0n) is 12.2. The van der Waals surface area contributed by atoms with Gasteiger partial charge in [0.05, 0.1) is 18.5 Å². The van der Waals surface area contributed by atoms with Crippen molar-refractivity contribution in [2.75, 3.05) is 7.11 Å². The quantitative estimate of drug-likeness (QED) is 0.879. The maximum Gasteiger partial charge on any atom is 0.121 e. The van der Waals surface area contributed by atoms with Gasteiger partial charge in [-0.1, -0.05) is 19.1 Å². The number of nitrogens with zero attached hydrogens (tertiary/aromatic N) is 2. The number of aromatic nitrogens is 2. The van der Waals surface area contributed by atoms with Crippen molar-refractivity contribution < 1.29 is 4.74 Å². The summed E-state index contributed by atoms with van der Waals surface area (Å²) in [7, 11) is 1.64. The summed E-state index contributed by atoms with van der Waals surface area (Å²) in [4.78, 5) is 0.355. The van der Waals surface area contributed by atoms with E-state index in [9.17, 15) is 0 Å². The van der Waals surface area contributed by atoms with Crippen molar-refractivity contribution in [1.82, 2.24) is 9.78 Å². The Bertz CT molecular complexity index is 661. The highest BCUT2D eigenvalue weighted by Crippen LogP contribution is 2.25. The Morgan fingerprint density at radius 3 is 2.60 bits per heavy atom. The van der Waals surface area contributed by atoms with Gasteiger partial charge in [-0.25, -0.2) is 4.68 Å². The molecule has 20 heavy (non-hydrogen) atoms. The van der Waals surface area contributed by atoms with Crippen molar-refractivity contribution in [3.05, 3.63) is 40.7 Å². The predicted molar refractivity (Wildman–Crippen MR) is 84.9 cm³/mol. The average Bonchev–Trinajstić information content (AvgIpc) is 2.72. The molecule has 0 spiro atoms. The van der Waals surface area contributed by atoms with Gasteiger partial charge in [-0.2, -0.15) is 5.10 Å². The number of hydrogen-bond donors (Lipinski definition) is 1. The normalized spacial score (nSPS) is 10.6. The number of benzene rings is 1. The third-order valence-electron chi connectivity index (χ3n) is 3.49. The van der Waals surface area contributed by atoms with Crippen LogP contribution in [0.2, 0.25) is 0 Å². The molecule has 0 unspecified atom stereocenters. The molecule has 1 aromatic carbocycles. The number of aryl methyl sites for hydroxylation is 1. The van der Waals surface area contributed by atoms with Crippen molar-refractivity contribution in [3.63, 3.8) is 0 Å². The molecule has 0 aliphatic carbocycles. The van der Waals surface area contributed by atoms with Crippen LogP contribution in [-0.4, -0.2) is 21.9 Å². The zero-order valence-corrected chi connectivity index (χ0v) is 13.0. The van der Waals surface area contributed by atoms with Crippen LogP contribution in [0, 0.1) is 13.8 Å². The van der Waals surface area contributed by atoms with Crippen molar-refractivity contribution in [2.24, 2.45) is 5.73 Å². The van der Waals surface area contributed by atoms with Crippen molar-refractivity contribution in [1.29, 1.82) is 0 Å². The predicted octanol–water partition coefficient (Wildman–Crippen LogP) is 2.69.